The van der Waals surface area contributed by atoms with E-state index in [0.29, 0.717) is 10.6 Å². The zero-order chi connectivity index (χ0) is 12.1. The van der Waals surface area contributed by atoms with Crippen molar-refractivity contribution in [3.8, 4) is 0 Å². The molecule has 0 fully saturated rings. The lowest BCUT2D eigenvalue weighted by molar-refractivity contribution is -0.127. The molecule has 0 radical (unpaired) electrons. The van der Waals surface area contributed by atoms with E-state index in [1.54, 1.807) is 0 Å². The maximum absolute atomic E-state index is 13.3. The third-order valence-electron chi connectivity index (χ3n) is 1.90. The van der Waals surface area contributed by atoms with Gasteiger partial charge in [-0.1, -0.05) is 17.7 Å². The predicted molar refractivity (Wildman–Crippen MR) is 58.6 cm³/mol. The van der Waals surface area contributed by atoms with Crippen molar-refractivity contribution in [1.82, 2.24) is 5.32 Å². The first kappa shape index (κ1) is 12.6. The molecule has 5 heteroatoms. The third-order valence-corrected chi connectivity index (χ3v) is 2.14. The fraction of sp³-hybridized carbons (Fsp3) is 0.273. The summed E-state index contributed by atoms with van der Waals surface area (Å²) in [5.74, 6) is -1.12. The number of benzene rings is 1. The fourth-order valence-electron chi connectivity index (χ4n) is 1.15. The van der Waals surface area contributed by atoms with Crippen molar-refractivity contribution in [2.75, 3.05) is 0 Å². The van der Waals surface area contributed by atoms with E-state index in [1.165, 1.54) is 25.1 Å². The van der Waals surface area contributed by atoms with Crippen molar-refractivity contribution in [3.63, 3.8) is 0 Å². The van der Waals surface area contributed by atoms with Crippen molar-refractivity contribution in [1.29, 1.82) is 0 Å². The summed E-state index contributed by atoms with van der Waals surface area (Å²) in [6.07, 6.45) is -0.185. The molecule has 0 atom stereocenters. The Balaban J connectivity index is 2.54. The number of hydrogen-bond donors (Lipinski definition) is 1. The highest BCUT2D eigenvalue weighted by atomic mass is 35.5. The lowest BCUT2D eigenvalue weighted by Gasteiger charge is -2.05. The SMILES string of the molecule is CC(=O)CC(=O)NCc1ccc(Cl)cc1F. The Morgan fingerprint density at radius 2 is 2.12 bits per heavy atom. The molecule has 3 nitrogen and oxygen atoms in total. The van der Waals surface area contributed by atoms with Crippen molar-refractivity contribution in [2.24, 2.45) is 0 Å². The molecule has 86 valence electrons. The average Bonchev–Trinajstić information content (AvgIpc) is 2.15. The molecule has 0 aliphatic carbocycles. The Bertz CT molecular complexity index is 420. The van der Waals surface area contributed by atoms with Crippen LogP contribution in [0.25, 0.3) is 0 Å². The van der Waals surface area contributed by atoms with E-state index in [1.807, 2.05) is 0 Å². The van der Waals surface area contributed by atoms with Crippen molar-refractivity contribution in [3.05, 3.63) is 34.6 Å². The highest BCUT2D eigenvalue weighted by molar-refractivity contribution is 6.30. The van der Waals surface area contributed by atoms with Gasteiger partial charge in [-0.3, -0.25) is 9.59 Å². The Kier molecular flexibility index (Phi) is 4.43. The Morgan fingerprint density at radius 1 is 1.44 bits per heavy atom. The number of ketones is 1. The highest BCUT2D eigenvalue weighted by Gasteiger charge is 2.07. The first-order chi connectivity index (χ1) is 7.49. The van der Waals surface area contributed by atoms with Crippen LogP contribution in [0, 0.1) is 5.82 Å². The molecule has 16 heavy (non-hydrogen) atoms. The Labute approximate surface area is 97.6 Å². The number of amides is 1. The highest BCUT2D eigenvalue weighted by Crippen LogP contribution is 2.14. The lowest BCUT2D eigenvalue weighted by atomic mass is 10.2. The van der Waals surface area contributed by atoms with Gasteiger partial charge in [0.05, 0.1) is 6.42 Å². The summed E-state index contributed by atoms with van der Waals surface area (Å²) in [4.78, 5) is 21.7. The van der Waals surface area contributed by atoms with Crippen molar-refractivity contribution < 1.29 is 14.0 Å². The van der Waals surface area contributed by atoms with E-state index in [2.05, 4.69) is 5.32 Å². The van der Waals surface area contributed by atoms with Crippen LogP contribution in [0.15, 0.2) is 18.2 Å². The normalized spacial score (nSPS) is 9.94. The molecule has 0 saturated heterocycles. The minimum atomic E-state index is -0.476. The van der Waals surface area contributed by atoms with E-state index >= 15 is 0 Å². The van der Waals surface area contributed by atoms with Gasteiger partial charge in [0, 0.05) is 17.1 Å². The summed E-state index contributed by atoms with van der Waals surface area (Å²) < 4.78 is 13.3. The summed E-state index contributed by atoms with van der Waals surface area (Å²) in [6, 6.07) is 4.21. The van der Waals surface area contributed by atoms with Gasteiger partial charge >= 0.3 is 0 Å². The van der Waals surface area contributed by atoms with Gasteiger partial charge in [0.25, 0.3) is 0 Å². The van der Waals surface area contributed by atoms with Gasteiger partial charge in [0.15, 0.2) is 0 Å². The molecule has 1 amide bonds. The van der Waals surface area contributed by atoms with E-state index in [0.717, 1.165) is 0 Å². The van der Waals surface area contributed by atoms with Crippen molar-refractivity contribution >= 4 is 23.3 Å². The smallest absolute Gasteiger partial charge is 0.227 e. The van der Waals surface area contributed by atoms with E-state index in [-0.39, 0.29) is 18.7 Å². The fourth-order valence-corrected chi connectivity index (χ4v) is 1.31. The number of carbonyl (C=O) groups is 2. The van der Waals surface area contributed by atoms with E-state index < -0.39 is 11.7 Å². The second-order valence-electron chi connectivity index (χ2n) is 3.39. The van der Waals surface area contributed by atoms with Crippen LogP contribution in [0.5, 0.6) is 0 Å². The number of Topliss-reactive ketones (excluding diaryl/α,β-unsaturated/α-hetero) is 1. The number of rotatable bonds is 4. The van der Waals surface area contributed by atoms with Crippen LogP contribution < -0.4 is 5.32 Å². The summed E-state index contributed by atoms with van der Waals surface area (Å²) in [6.45, 7) is 1.37. The van der Waals surface area contributed by atoms with Crippen LogP contribution in [0.3, 0.4) is 0 Å². The Hall–Kier alpha value is -1.42. The summed E-state index contributed by atoms with van der Waals surface area (Å²) in [7, 11) is 0. The van der Waals surface area contributed by atoms with Crippen LogP contribution in [-0.2, 0) is 16.1 Å². The molecule has 0 bridgehead atoms. The zero-order valence-corrected chi connectivity index (χ0v) is 9.47. The van der Waals surface area contributed by atoms with Crippen LogP contribution in [0.4, 0.5) is 4.39 Å². The number of hydrogen-bond acceptors (Lipinski definition) is 2. The second kappa shape index (κ2) is 5.61. The summed E-state index contributed by atoms with van der Waals surface area (Å²) in [5.41, 5.74) is 0.335. The summed E-state index contributed by atoms with van der Waals surface area (Å²) in [5, 5.41) is 2.75. The van der Waals surface area contributed by atoms with Crippen LogP contribution in [0.1, 0.15) is 18.9 Å². The molecule has 0 aromatic heterocycles. The van der Waals surface area contributed by atoms with E-state index in [9.17, 15) is 14.0 Å². The predicted octanol–water partition coefficient (Wildman–Crippen LogP) is 2.07. The van der Waals surface area contributed by atoms with Gasteiger partial charge in [-0.25, -0.2) is 4.39 Å². The second-order valence-corrected chi connectivity index (χ2v) is 3.83. The molecule has 0 aliphatic heterocycles. The first-order valence-corrected chi connectivity index (χ1v) is 5.07. The molecule has 0 aliphatic rings. The third kappa shape index (κ3) is 3.98. The number of nitrogens with one attached hydrogen (secondary N) is 1. The number of halogens is 2. The minimum absolute atomic E-state index is 0.0507. The van der Waals surface area contributed by atoms with Gasteiger partial charge in [-0.05, 0) is 19.1 Å². The average molecular weight is 244 g/mol. The first-order valence-electron chi connectivity index (χ1n) is 4.69. The van der Waals surface area contributed by atoms with Gasteiger partial charge in [-0.2, -0.15) is 0 Å². The molecular weight excluding hydrogens is 233 g/mol. The molecule has 1 aromatic carbocycles. The molecular formula is C11H11ClFNO2. The number of carbonyl (C=O) groups excluding carboxylic acids is 2. The minimum Gasteiger partial charge on any atom is -0.352 e. The van der Waals surface area contributed by atoms with Crippen molar-refractivity contribution in [2.45, 2.75) is 19.9 Å². The maximum Gasteiger partial charge on any atom is 0.227 e. The summed E-state index contributed by atoms with van der Waals surface area (Å²) >= 11 is 5.58. The standard InChI is InChI=1S/C11H11ClFNO2/c1-7(15)4-11(16)14-6-8-2-3-9(12)5-10(8)13/h2-3,5H,4,6H2,1H3,(H,14,16). The quantitative estimate of drug-likeness (QED) is 0.823. The van der Waals surface area contributed by atoms with Gasteiger partial charge in [0.1, 0.15) is 11.6 Å². The van der Waals surface area contributed by atoms with Crippen LogP contribution >= 0.6 is 11.6 Å². The van der Waals surface area contributed by atoms with Crippen LogP contribution in [0.2, 0.25) is 5.02 Å². The molecule has 0 unspecified atom stereocenters. The molecule has 1 aromatic rings. The molecule has 0 saturated carbocycles. The van der Waals surface area contributed by atoms with Crippen LogP contribution in [-0.4, -0.2) is 11.7 Å². The van der Waals surface area contributed by atoms with Gasteiger partial charge in [-0.15, -0.1) is 0 Å². The van der Waals surface area contributed by atoms with E-state index in [4.69, 9.17) is 11.6 Å². The topological polar surface area (TPSA) is 46.2 Å². The Morgan fingerprint density at radius 3 is 2.69 bits per heavy atom. The lowest BCUT2D eigenvalue weighted by Crippen LogP contribution is -2.24. The molecule has 1 rings (SSSR count). The molecule has 0 heterocycles. The molecule has 1 N–H and O–H groups in total. The van der Waals surface area contributed by atoms with Gasteiger partial charge < -0.3 is 5.32 Å². The largest absolute Gasteiger partial charge is 0.352 e. The monoisotopic (exact) mass is 243 g/mol. The van der Waals surface area contributed by atoms with Gasteiger partial charge in [0.2, 0.25) is 5.91 Å². The molecule has 0 spiro atoms. The maximum atomic E-state index is 13.3. The zero-order valence-electron chi connectivity index (χ0n) is 8.72.